The van der Waals surface area contributed by atoms with Gasteiger partial charge in [-0.25, -0.2) is 13.1 Å². The summed E-state index contributed by atoms with van der Waals surface area (Å²) in [4.78, 5) is 23.8. The van der Waals surface area contributed by atoms with E-state index in [1.54, 1.807) is 35.7 Å². The minimum Gasteiger partial charge on any atom is -0.351 e. The summed E-state index contributed by atoms with van der Waals surface area (Å²) in [6, 6.07) is 9.78. The molecule has 1 aliphatic carbocycles. The molecule has 3 N–H and O–H groups in total. The van der Waals surface area contributed by atoms with Crippen LogP contribution in [0.2, 0.25) is 0 Å². The molecule has 2 amide bonds. The Hall–Kier alpha value is -2.23. The Balaban J connectivity index is 1.44. The summed E-state index contributed by atoms with van der Waals surface area (Å²) < 4.78 is 26.6. The van der Waals surface area contributed by atoms with Crippen LogP contribution < -0.4 is 15.4 Å². The van der Waals surface area contributed by atoms with Gasteiger partial charge in [0.25, 0.3) is 5.91 Å². The number of anilines is 1. The molecule has 0 aliphatic heterocycles. The number of rotatable bonds is 8. The molecule has 0 unspecified atom stereocenters. The third kappa shape index (κ3) is 4.90. The molecule has 138 valence electrons. The summed E-state index contributed by atoms with van der Waals surface area (Å²) in [7, 11) is -3.52. The van der Waals surface area contributed by atoms with E-state index in [0.29, 0.717) is 11.3 Å². The zero-order valence-electron chi connectivity index (χ0n) is 13.9. The lowest BCUT2D eigenvalue weighted by molar-refractivity contribution is -0.117. The fraction of sp³-hybridized carbons (Fsp3) is 0.294. The van der Waals surface area contributed by atoms with Crippen molar-refractivity contribution in [2.75, 3.05) is 18.4 Å². The maximum absolute atomic E-state index is 12.1. The molecule has 3 rings (SSSR count). The summed E-state index contributed by atoms with van der Waals surface area (Å²) >= 11 is 1.13. The van der Waals surface area contributed by atoms with E-state index in [1.165, 1.54) is 6.07 Å². The topological polar surface area (TPSA) is 104 Å². The van der Waals surface area contributed by atoms with Crippen molar-refractivity contribution in [2.45, 2.75) is 17.1 Å². The van der Waals surface area contributed by atoms with Crippen LogP contribution in [0.1, 0.15) is 23.2 Å². The monoisotopic (exact) mass is 393 g/mol. The van der Waals surface area contributed by atoms with Crippen molar-refractivity contribution in [3.63, 3.8) is 0 Å². The summed E-state index contributed by atoms with van der Waals surface area (Å²) in [5.74, 6) is -0.170. The molecule has 9 heteroatoms. The molecule has 0 radical (unpaired) electrons. The van der Waals surface area contributed by atoms with E-state index < -0.39 is 10.0 Å². The minimum atomic E-state index is -3.52. The quantitative estimate of drug-likeness (QED) is 0.595. The van der Waals surface area contributed by atoms with E-state index in [4.69, 9.17) is 0 Å². The molecule has 1 saturated carbocycles. The fourth-order valence-corrected chi connectivity index (χ4v) is 4.32. The van der Waals surface area contributed by atoms with Gasteiger partial charge in [-0.1, -0.05) is 6.07 Å². The molecule has 7 nitrogen and oxygen atoms in total. The van der Waals surface area contributed by atoms with Gasteiger partial charge < -0.3 is 10.6 Å². The molecule has 1 aromatic carbocycles. The van der Waals surface area contributed by atoms with E-state index in [9.17, 15) is 18.0 Å². The normalized spacial score (nSPS) is 14.0. The number of hydrogen-bond donors (Lipinski definition) is 3. The van der Waals surface area contributed by atoms with Gasteiger partial charge in [-0.05, 0) is 48.6 Å². The molecule has 26 heavy (non-hydrogen) atoms. The number of thiophene rings is 1. The maximum Gasteiger partial charge on any atom is 0.251 e. The average Bonchev–Trinajstić information content (AvgIpc) is 3.33. The second-order valence-electron chi connectivity index (χ2n) is 5.93. The van der Waals surface area contributed by atoms with Crippen molar-refractivity contribution in [2.24, 2.45) is 5.92 Å². The number of sulfonamides is 1. The summed E-state index contributed by atoms with van der Waals surface area (Å²) in [6.07, 6.45) is 1.87. The highest BCUT2D eigenvalue weighted by Crippen LogP contribution is 2.30. The molecule has 0 atom stereocenters. The van der Waals surface area contributed by atoms with Crippen molar-refractivity contribution in [3.8, 4) is 0 Å². The van der Waals surface area contributed by atoms with Crippen molar-refractivity contribution in [3.05, 3.63) is 47.3 Å². The number of carbonyl (C=O) groups is 2. The zero-order chi connectivity index (χ0) is 18.6. The van der Waals surface area contributed by atoms with Gasteiger partial charge in [0, 0.05) is 30.3 Å². The molecule has 1 aromatic heterocycles. The second-order valence-corrected chi connectivity index (χ2v) is 8.87. The number of hydrogen-bond acceptors (Lipinski definition) is 5. The number of benzene rings is 1. The van der Waals surface area contributed by atoms with Gasteiger partial charge >= 0.3 is 0 Å². The Morgan fingerprint density at radius 3 is 2.42 bits per heavy atom. The van der Waals surface area contributed by atoms with E-state index in [0.717, 1.165) is 24.2 Å². The smallest absolute Gasteiger partial charge is 0.251 e. The van der Waals surface area contributed by atoms with Gasteiger partial charge in [0.15, 0.2) is 0 Å². The Morgan fingerprint density at radius 1 is 1.08 bits per heavy atom. The van der Waals surface area contributed by atoms with E-state index in [-0.39, 0.29) is 35.0 Å². The fourth-order valence-electron chi connectivity index (χ4n) is 2.25. The van der Waals surface area contributed by atoms with Crippen LogP contribution in [0.4, 0.5) is 5.69 Å². The Labute approximate surface area is 155 Å². The molecule has 0 spiro atoms. The Morgan fingerprint density at radius 2 is 1.81 bits per heavy atom. The predicted octanol–water partition coefficient (Wildman–Crippen LogP) is 1.80. The summed E-state index contributed by atoms with van der Waals surface area (Å²) in [6.45, 7) is 0.269. The third-order valence-corrected chi connectivity index (χ3v) is 6.68. The minimum absolute atomic E-state index is 0.0141. The molecule has 2 aromatic rings. The first kappa shape index (κ1) is 18.6. The van der Waals surface area contributed by atoms with E-state index in [1.807, 2.05) is 0 Å². The van der Waals surface area contributed by atoms with Gasteiger partial charge in [-0.3, -0.25) is 9.59 Å². The predicted molar refractivity (Wildman–Crippen MR) is 99.6 cm³/mol. The lowest BCUT2D eigenvalue weighted by Gasteiger charge is -2.08. The van der Waals surface area contributed by atoms with Gasteiger partial charge in [0.05, 0.1) is 0 Å². The summed E-state index contributed by atoms with van der Waals surface area (Å²) in [5.41, 5.74) is 1.10. The van der Waals surface area contributed by atoms with E-state index in [2.05, 4.69) is 15.4 Å². The molecule has 0 bridgehead atoms. The van der Waals surface area contributed by atoms with Gasteiger partial charge in [0.1, 0.15) is 4.21 Å². The standard InChI is InChI=1S/C17H19N3O4S2/c21-16(18-9-10-19-26(23,24)15-2-1-11-25-15)12-5-7-14(8-6-12)20-17(22)13-3-4-13/h1-2,5-8,11,13,19H,3-4,9-10H2,(H,18,21)(H,20,22). The third-order valence-electron chi connectivity index (χ3n) is 3.83. The molecule has 1 heterocycles. The van der Waals surface area contributed by atoms with Crippen LogP contribution in [-0.2, 0) is 14.8 Å². The largest absolute Gasteiger partial charge is 0.351 e. The number of nitrogens with one attached hydrogen (secondary N) is 3. The van der Waals surface area contributed by atoms with Crippen molar-refractivity contribution in [1.82, 2.24) is 10.0 Å². The van der Waals surface area contributed by atoms with Crippen molar-refractivity contribution < 1.29 is 18.0 Å². The van der Waals surface area contributed by atoms with Gasteiger partial charge in [-0.2, -0.15) is 0 Å². The highest BCUT2D eigenvalue weighted by Gasteiger charge is 2.29. The van der Waals surface area contributed by atoms with Gasteiger partial charge in [-0.15, -0.1) is 11.3 Å². The first-order chi connectivity index (χ1) is 12.5. The highest BCUT2D eigenvalue weighted by atomic mass is 32.2. The zero-order valence-corrected chi connectivity index (χ0v) is 15.5. The number of carbonyl (C=O) groups excluding carboxylic acids is 2. The lowest BCUT2D eigenvalue weighted by Crippen LogP contribution is -2.34. The molecule has 1 aliphatic rings. The van der Waals surface area contributed by atoms with Crippen LogP contribution in [0.5, 0.6) is 0 Å². The van der Waals surface area contributed by atoms with Crippen LogP contribution in [0.25, 0.3) is 0 Å². The average molecular weight is 393 g/mol. The SMILES string of the molecule is O=C(NCCNS(=O)(=O)c1cccs1)c1ccc(NC(=O)C2CC2)cc1. The number of amides is 2. The highest BCUT2D eigenvalue weighted by molar-refractivity contribution is 7.91. The summed E-state index contributed by atoms with van der Waals surface area (Å²) in [5, 5.41) is 7.15. The van der Waals surface area contributed by atoms with Crippen LogP contribution in [0.3, 0.4) is 0 Å². The first-order valence-electron chi connectivity index (χ1n) is 8.18. The van der Waals surface area contributed by atoms with Crippen LogP contribution in [0.15, 0.2) is 46.0 Å². The Bertz CT molecular complexity index is 873. The molecular formula is C17H19N3O4S2. The van der Waals surface area contributed by atoms with Crippen LogP contribution >= 0.6 is 11.3 Å². The first-order valence-corrected chi connectivity index (χ1v) is 10.5. The van der Waals surface area contributed by atoms with Crippen LogP contribution in [0, 0.1) is 5.92 Å². The van der Waals surface area contributed by atoms with E-state index >= 15 is 0 Å². The molecule has 1 fully saturated rings. The van der Waals surface area contributed by atoms with Crippen molar-refractivity contribution in [1.29, 1.82) is 0 Å². The lowest BCUT2D eigenvalue weighted by atomic mass is 10.2. The molecular weight excluding hydrogens is 374 g/mol. The second kappa shape index (κ2) is 7.98. The molecule has 0 saturated heterocycles. The Kier molecular flexibility index (Phi) is 5.70. The van der Waals surface area contributed by atoms with Crippen molar-refractivity contribution >= 4 is 38.9 Å². The van der Waals surface area contributed by atoms with Crippen LogP contribution in [-0.4, -0.2) is 33.3 Å². The maximum atomic E-state index is 12.1. The van der Waals surface area contributed by atoms with Gasteiger partial charge in [0.2, 0.25) is 15.9 Å².